The first-order chi connectivity index (χ1) is 15.2. The van der Waals surface area contributed by atoms with Gasteiger partial charge in [0, 0.05) is 45.0 Å². The number of benzene rings is 2. The van der Waals surface area contributed by atoms with Crippen molar-refractivity contribution in [2.75, 3.05) is 50.7 Å². The molecule has 0 bridgehead atoms. The summed E-state index contributed by atoms with van der Waals surface area (Å²) < 4.78 is 5.55. The minimum atomic E-state index is -0.467. The quantitative estimate of drug-likeness (QED) is 0.658. The fraction of sp³-hybridized carbons (Fsp3) is 0.480. The summed E-state index contributed by atoms with van der Waals surface area (Å²) in [4.78, 5) is 19.4. The smallest absolute Gasteiger partial charge is 0.323 e. The van der Waals surface area contributed by atoms with Crippen LogP contribution in [0, 0.1) is 0 Å². The van der Waals surface area contributed by atoms with E-state index >= 15 is 0 Å². The number of anilines is 1. The highest BCUT2D eigenvalue weighted by Gasteiger charge is 2.33. The molecule has 1 N–H and O–H groups in total. The molecule has 2 aliphatic heterocycles. The first-order valence-corrected chi connectivity index (χ1v) is 11.3. The fourth-order valence-corrected chi connectivity index (χ4v) is 4.59. The van der Waals surface area contributed by atoms with E-state index in [0.717, 1.165) is 51.1 Å². The number of carbonyl (C=O) groups is 1. The van der Waals surface area contributed by atoms with E-state index in [1.165, 1.54) is 5.69 Å². The molecule has 2 atom stereocenters. The van der Waals surface area contributed by atoms with E-state index in [-0.39, 0.29) is 12.0 Å². The third kappa shape index (κ3) is 6.06. The summed E-state index contributed by atoms with van der Waals surface area (Å²) >= 11 is 0. The van der Waals surface area contributed by atoms with Gasteiger partial charge in [-0.2, -0.15) is 0 Å². The molecule has 0 saturated carbocycles. The van der Waals surface area contributed by atoms with Crippen molar-refractivity contribution in [3.63, 3.8) is 0 Å². The Morgan fingerprint density at radius 3 is 2.32 bits per heavy atom. The number of β-amino-alcohol motifs (C(OH)–C–C–N with tert-alkyl or cyclic N) is 1. The van der Waals surface area contributed by atoms with E-state index in [1.54, 1.807) is 0 Å². The Morgan fingerprint density at radius 2 is 1.61 bits per heavy atom. The largest absolute Gasteiger partial charge is 0.460 e. The maximum absolute atomic E-state index is 12.6. The van der Waals surface area contributed by atoms with E-state index in [4.69, 9.17) is 4.74 Å². The van der Waals surface area contributed by atoms with Crippen LogP contribution in [0.5, 0.6) is 0 Å². The van der Waals surface area contributed by atoms with Gasteiger partial charge in [0.25, 0.3) is 0 Å². The van der Waals surface area contributed by atoms with Gasteiger partial charge >= 0.3 is 5.97 Å². The van der Waals surface area contributed by atoms with Crippen LogP contribution in [0.15, 0.2) is 60.7 Å². The number of rotatable bonds is 8. The average Bonchev–Trinajstić information content (AvgIpc) is 3.27. The molecular formula is C25H33N3O3. The Bertz CT molecular complexity index is 809. The lowest BCUT2D eigenvalue weighted by Crippen LogP contribution is -2.51. The molecule has 0 spiro atoms. The highest BCUT2D eigenvalue weighted by atomic mass is 16.5. The van der Waals surface area contributed by atoms with Gasteiger partial charge in [0.1, 0.15) is 12.6 Å². The average molecular weight is 424 g/mol. The van der Waals surface area contributed by atoms with Crippen LogP contribution in [0.25, 0.3) is 0 Å². The molecular weight excluding hydrogens is 390 g/mol. The van der Waals surface area contributed by atoms with Crippen molar-refractivity contribution in [2.45, 2.75) is 31.6 Å². The lowest BCUT2D eigenvalue weighted by Gasteiger charge is -2.37. The van der Waals surface area contributed by atoms with Crippen molar-refractivity contribution in [1.82, 2.24) is 9.80 Å². The van der Waals surface area contributed by atoms with Crippen molar-refractivity contribution < 1.29 is 14.6 Å². The van der Waals surface area contributed by atoms with Crippen LogP contribution < -0.4 is 4.90 Å². The second-order valence-electron chi connectivity index (χ2n) is 8.52. The number of piperazine rings is 1. The molecule has 31 heavy (non-hydrogen) atoms. The summed E-state index contributed by atoms with van der Waals surface area (Å²) in [5.74, 6) is -0.176. The monoisotopic (exact) mass is 423 g/mol. The predicted molar refractivity (Wildman–Crippen MR) is 122 cm³/mol. The number of aliphatic hydroxyl groups is 1. The fourth-order valence-electron chi connectivity index (χ4n) is 4.59. The van der Waals surface area contributed by atoms with Crippen LogP contribution >= 0.6 is 0 Å². The van der Waals surface area contributed by atoms with Gasteiger partial charge in [-0.25, -0.2) is 0 Å². The van der Waals surface area contributed by atoms with Crippen molar-refractivity contribution in [1.29, 1.82) is 0 Å². The van der Waals surface area contributed by atoms with Crippen LogP contribution in [0.2, 0.25) is 0 Å². The van der Waals surface area contributed by atoms with Gasteiger partial charge in [-0.15, -0.1) is 0 Å². The number of esters is 1. The van der Waals surface area contributed by atoms with Gasteiger partial charge in [0.2, 0.25) is 0 Å². The molecule has 6 heteroatoms. The van der Waals surface area contributed by atoms with Crippen LogP contribution in [0.4, 0.5) is 5.69 Å². The predicted octanol–water partition coefficient (Wildman–Crippen LogP) is 2.38. The zero-order valence-electron chi connectivity index (χ0n) is 18.1. The van der Waals surface area contributed by atoms with Gasteiger partial charge in [-0.05, 0) is 37.1 Å². The molecule has 2 heterocycles. The summed E-state index contributed by atoms with van der Waals surface area (Å²) in [6.07, 6.45) is 1.30. The molecule has 0 amide bonds. The molecule has 0 radical (unpaired) electrons. The first-order valence-electron chi connectivity index (χ1n) is 11.3. The molecule has 166 valence electrons. The minimum Gasteiger partial charge on any atom is -0.460 e. The Kier molecular flexibility index (Phi) is 7.57. The van der Waals surface area contributed by atoms with Crippen molar-refractivity contribution in [3.05, 3.63) is 66.2 Å². The van der Waals surface area contributed by atoms with Gasteiger partial charge in [0.05, 0.1) is 6.10 Å². The second kappa shape index (κ2) is 10.8. The summed E-state index contributed by atoms with van der Waals surface area (Å²) in [6, 6.07) is 20.0. The Hall–Kier alpha value is -2.41. The number of para-hydroxylation sites is 1. The molecule has 2 saturated heterocycles. The third-order valence-corrected chi connectivity index (χ3v) is 6.27. The van der Waals surface area contributed by atoms with Gasteiger partial charge < -0.3 is 14.7 Å². The number of likely N-dealkylation sites (tertiary alicyclic amines) is 1. The molecule has 2 aromatic carbocycles. The van der Waals surface area contributed by atoms with Crippen molar-refractivity contribution >= 4 is 11.7 Å². The maximum Gasteiger partial charge on any atom is 0.323 e. The number of carbonyl (C=O) groups excluding carboxylic acids is 1. The number of hydrogen-bond acceptors (Lipinski definition) is 6. The summed E-state index contributed by atoms with van der Waals surface area (Å²) in [7, 11) is 0. The number of hydrogen-bond donors (Lipinski definition) is 1. The van der Waals surface area contributed by atoms with E-state index < -0.39 is 6.10 Å². The van der Waals surface area contributed by atoms with Gasteiger partial charge in [-0.1, -0.05) is 48.5 Å². The number of ether oxygens (including phenoxy) is 1. The summed E-state index contributed by atoms with van der Waals surface area (Å²) in [5.41, 5.74) is 2.26. The van der Waals surface area contributed by atoms with Crippen LogP contribution in [-0.2, 0) is 16.1 Å². The first kappa shape index (κ1) is 21.8. The van der Waals surface area contributed by atoms with E-state index in [1.807, 2.05) is 36.4 Å². The van der Waals surface area contributed by atoms with Crippen molar-refractivity contribution in [2.24, 2.45) is 0 Å². The molecule has 2 aliphatic rings. The van der Waals surface area contributed by atoms with E-state index in [9.17, 15) is 9.90 Å². The Labute approximate surface area is 185 Å². The molecule has 2 aromatic rings. The van der Waals surface area contributed by atoms with E-state index in [0.29, 0.717) is 19.7 Å². The van der Waals surface area contributed by atoms with Crippen molar-refractivity contribution in [3.8, 4) is 0 Å². The van der Waals surface area contributed by atoms with Crippen LogP contribution in [0.3, 0.4) is 0 Å². The molecule has 2 fully saturated rings. The zero-order valence-corrected chi connectivity index (χ0v) is 18.1. The van der Waals surface area contributed by atoms with Gasteiger partial charge in [-0.3, -0.25) is 14.6 Å². The third-order valence-electron chi connectivity index (χ3n) is 6.27. The normalized spacial score (nSPS) is 21.2. The summed E-state index contributed by atoms with van der Waals surface area (Å²) in [6.45, 7) is 6.11. The Balaban J connectivity index is 1.21. The second-order valence-corrected chi connectivity index (χ2v) is 8.52. The number of nitrogens with zero attached hydrogens (tertiary/aromatic N) is 3. The maximum atomic E-state index is 12.6. The van der Waals surface area contributed by atoms with Crippen LogP contribution in [0.1, 0.15) is 18.4 Å². The summed E-state index contributed by atoms with van der Waals surface area (Å²) in [5, 5.41) is 10.7. The van der Waals surface area contributed by atoms with Crippen LogP contribution in [-0.4, -0.2) is 78.8 Å². The SMILES string of the molecule is O=C(OCc1ccccc1)C1CCCN1CC(O)CN1CCN(c2ccccc2)CC1. The Morgan fingerprint density at radius 1 is 0.935 bits per heavy atom. The zero-order chi connectivity index (χ0) is 21.5. The highest BCUT2D eigenvalue weighted by molar-refractivity contribution is 5.76. The number of aliphatic hydroxyl groups excluding tert-OH is 1. The highest BCUT2D eigenvalue weighted by Crippen LogP contribution is 2.20. The molecule has 2 unspecified atom stereocenters. The molecule has 0 aromatic heterocycles. The molecule has 4 rings (SSSR count). The lowest BCUT2D eigenvalue weighted by atomic mass is 10.2. The molecule has 6 nitrogen and oxygen atoms in total. The minimum absolute atomic E-state index is 0.176. The van der Waals surface area contributed by atoms with E-state index in [2.05, 4.69) is 39.0 Å². The standard InChI is InChI=1S/C25H33N3O3/c29-23(18-26-14-16-27(17-15-26)22-10-5-2-6-11-22)19-28-13-7-12-24(28)25(30)31-20-21-8-3-1-4-9-21/h1-6,8-11,23-24,29H,7,12-20H2. The van der Waals surface area contributed by atoms with Gasteiger partial charge in [0.15, 0.2) is 0 Å². The lowest BCUT2D eigenvalue weighted by molar-refractivity contribution is -0.150. The topological polar surface area (TPSA) is 56.2 Å². The molecule has 0 aliphatic carbocycles.